The minimum Gasteiger partial charge on any atom is -0.337 e. The van der Waals surface area contributed by atoms with Crippen LogP contribution in [0.5, 0.6) is 0 Å². The monoisotopic (exact) mass is 468 g/mol. The number of aromatic nitrogens is 4. The highest BCUT2D eigenvalue weighted by atomic mass is 35.5. The molecule has 3 aromatic heterocycles. The molecule has 1 saturated heterocycles. The Morgan fingerprint density at radius 1 is 1.30 bits per heavy atom. The Morgan fingerprint density at radius 3 is 2.85 bits per heavy atom. The van der Waals surface area contributed by atoms with Crippen molar-refractivity contribution in [2.45, 2.75) is 27.2 Å². The smallest absolute Gasteiger partial charge is 0.337 e. The van der Waals surface area contributed by atoms with E-state index in [2.05, 4.69) is 39.1 Å². The molecule has 33 heavy (non-hydrogen) atoms. The predicted molar refractivity (Wildman–Crippen MR) is 125 cm³/mol. The summed E-state index contributed by atoms with van der Waals surface area (Å²) < 4.78 is 16.5. The number of fused-ring (bicyclic) bond motifs is 2. The van der Waals surface area contributed by atoms with Gasteiger partial charge in [0.2, 0.25) is 5.82 Å². The van der Waals surface area contributed by atoms with Crippen LogP contribution >= 0.6 is 11.8 Å². The molecule has 1 atom stereocenters. The summed E-state index contributed by atoms with van der Waals surface area (Å²) in [6.45, 7) is 6.66. The van der Waals surface area contributed by atoms with Gasteiger partial charge in [0.1, 0.15) is 11.5 Å². The lowest BCUT2D eigenvalue weighted by Gasteiger charge is -2.34. The largest absolute Gasteiger partial charge is 0.431 e. The van der Waals surface area contributed by atoms with Crippen LogP contribution in [0.1, 0.15) is 33.0 Å². The van der Waals surface area contributed by atoms with Crippen molar-refractivity contribution in [1.82, 2.24) is 34.2 Å². The summed E-state index contributed by atoms with van der Waals surface area (Å²) >= 11 is 6.56. The van der Waals surface area contributed by atoms with E-state index in [0.29, 0.717) is 53.0 Å². The second-order valence-corrected chi connectivity index (χ2v) is 9.15. The third kappa shape index (κ3) is 3.30. The number of pyridine rings is 2. The number of aromatic amines is 1. The maximum absolute atomic E-state index is 15.2. The van der Waals surface area contributed by atoms with Crippen LogP contribution in [-0.2, 0) is 0 Å². The normalized spacial score (nSPS) is 20.8. The molecular weight excluding hydrogens is 445 g/mol. The van der Waals surface area contributed by atoms with Crippen LogP contribution in [0.2, 0.25) is 0 Å². The molecule has 0 saturated carbocycles. The molecule has 1 fully saturated rings. The second kappa shape index (κ2) is 7.93. The number of H-pyrrole nitrogens is 1. The molecule has 5 heterocycles. The number of urea groups is 1. The highest BCUT2D eigenvalue weighted by Gasteiger charge is 2.57. The van der Waals surface area contributed by atoms with Gasteiger partial charge in [0.15, 0.2) is 17.0 Å². The zero-order chi connectivity index (χ0) is 23.3. The van der Waals surface area contributed by atoms with Crippen molar-refractivity contribution in [3.8, 4) is 0 Å². The number of nitrogens with zero attached hydrogens (tertiary/aromatic N) is 5. The summed E-state index contributed by atoms with van der Waals surface area (Å²) in [6.07, 6.45) is 5.03. The number of quaternary nitrogens is 1. The Balaban J connectivity index is 1.84. The van der Waals surface area contributed by atoms with Gasteiger partial charge in [-0.3, -0.25) is 14.7 Å². The van der Waals surface area contributed by atoms with Crippen molar-refractivity contribution in [2.75, 3.05) is 13.1 Å². The molecule has 0 radical (unpaired) electrons. The number of allylic oxidation sites excluding steroid dienone is 1. The second-order valence-electron chi connectivity index (χ2n) is 8.74. The maximum Gasteiger partial charge on any atom is 0.431 e. The van der Waals surface area contributed by atoms with E-state index in [4.69, 9.17) is 11.8 Å². The van der Waals surface area contributed by atoms with E-state index in [9.17, 15) is 4.79 Å². The number of nitrogens with one attached hydrogen (secondary N) is 2. The number of carbonyl (C=O) groups is 1. The molecule has 5 rings (SSSR count). The van der Waals surface area contributed by atoms with E-state index < -0.39 is 5.82 Å². The molecular formula is C23H24ClFN7O+. The quantitative estimate of drug-likeness (QED) is 0.419. The van der Waals surface area contributed by atoms with E-state index in [0.717, 1.165) is 11.7 Å². The van der Waals surface area contributed by atoms with Gasteiger partial charge in [-0.15, -0.1) is 0 Å². The van der Waals surface area contributed by atoms with Crippen LogP contribution in [-0.4, -0.2) is 43.5 Å². The molecule has 2 aliphatic heterocycles. The van der Waals surface area contributed by atoms with Crippen molar-refractivity contribution in [3.05, 3.63) is 65.5 Å². The van der Waals surface area contributed by atoms with Crippen molar-refractivity contribution in [1.29, 1.82) is 0 Å². The summed E-state index contributed by atoms with van der Waals surface area (Å²) in [4.78, 5) is 29.9. The Kier molecular flexibility index (Phi) is 5.18. The van der Waals surface area contributed by atoms with Gasteiger partial charge in [0, 0.05) is 36.7 Å². The molecule has 8 nitrogen and oxygen atoms in total. The summed E-state index contributed by atoms with van der Waals surface area (Å²) in [5.41, 5.74) is 4.20. The Labute approximate surface area is 195 Å². The fourth-order valence-electron chi connectivity index (χ4n) is 4.52. The first-order valence-corrected chi connectivity index (χ1v) is 11.2. The van der Waals surface area contributed by atoms with E-state index >= 15 is 4.39 Å². The van der Waals surface area contributed by atoms with Gasteiger partial charge in [-0.2, -0.15) is 8.87 Å². The van der Waals surface area contributed by atoms with Crippen molar-refractivity contribution < 1.29 is 9.18 Å². The van der Waals surface area contributed by atoms with Crippen LogP contribution in [0.3, 0.4) is 0 Å². The van der Waals surface area contributed by atoms with Gasteiger partial charge in [0.25, 0.3) is 0 Å². The van der Waals surface area contributed by atoms with Crippen molar-refractivity contribution in [2.24, 2.45) is 5.92 Å². The average Bonchev–Trinajstić information content (AvgIpc) is 3.35. The van der Waals surface area contributed by atoms with Crippen molar-refractivity contribution >= 4 is 40.2 Å². The number of amides is 2. The molecule has 0 aliphatic carbocycles. The highest BCUT2D eigenvalue weighted by molar-refractivity contribution is 6.16. The number of rotatable bonds is 5. The summed E-state index contributed by atoms with van der Waals surface area (Å²) in [6, 6.07) is 4.95. The molecule has 170 valence electrons. The lowest BCUT2D eigenvalue weighted by molar-refractivity contribution is 0.220. The molecule has 10 heteroatoms. The Hall–Kier alpha value is -3.30. The van der Waals surface area contributed by atoms with Crippen LogP contribution < -0.4 is 9.80 Å². The number of halogens is 2. The minimum absolute atomic E-state index is 0.246. The van der Waals surface area contributed by atoms with Crippen LogP contribution in [0.15, 0.2) is 53.9 Å². The van der Waals surface area contributed by atoms with Gasteiger partial charge in [0.05, 0.1) is 36.1 Å². The molecule has 0 bridgehead atoms. The highest BCUT2D eigenvalue weighted by Crippen LogP contribution is 2.46. The van der Waals surface area contributed by atoms with Gasteiger partial charge in [-0.05, 0) is 25.0 Å². The van der Waals surface area contributed by atoms with Gasteiger partial charge in [-0.25, -0.2) is 14.8 Å². The zero-order valence-corrected chi connectivity index (χ0v) is 19.3. The molecule has 3 aromatic rings. The lowest BCUT2D eigenvalue weighted by Crippen LogP contribution is -2.52. The summed E-state index contributed by atoms with van der Waals surface area (Å²) in [5.74, 6) is 0.313. The Bertz CT molecular complexity index is 1300. The third-order valence-corrected chi connectivity index (χ3v) is 6.63. The Morgan fingerprint density at radius 2 is 2.12 bits per heavy atom. The van der Waals surface area contributed by atoms with Gasteiger partial charge < -0.3 is 4.98 Å². The topological polar surface area (TPSA) is 86.8 Å². The van der Waals surface area contributed by atoms with E-state index in [1.54, 1.807) is 16.7 Å². The van der Waals surface area contributed by atoms with E-state index in [1.165, 1.54) is 6.20 Å². The van der Waals surface area contributed by atoms with Crippen LogP contribution in [0.4, 0.5) is 14.9 Å². The summed E-state index contributed by atoms with van der Waals surface area (Å²) in [7, 11) is 0. The first-order chi connectivity index (χ1) is 15.8. The fourth-order valence-corrected chi connectivity index (χ4v) is 4.72. The number of carbonyl (C=O) groups excluding carboxylic acids is 1. The molecule has 2 amide bonds. The van der Waals surface area contributed by atoms with E-state index in [1.807, 2.05) is 19.1 Å². The van der Waals surface area contributed by atoms with Crippen molar-refractivity contribution in [3.63, 3.8) is 0 Å². The molecule has 0 aromatic carbocycles. The maximum atomic E-state index is 15.2. The molecule has 2 N–H and O–H groups in total. The minimum atomic E-state index is -0.540. The van der Waals surface area contributed by atoms with Gasteiger partial charge in [-0.1, -0.05) is 13.8 Å². The van der Waals surface area contributed by atoms with Gasteiger partial charge >= 0.3 is 6.03 Å². The van der Waals surface area contributed by atoms with Crippen LogP contribution in [0.25, 0.3) is 16.7 Å². The molecule has 1 unspecified atom stereocenters. The lowest BCUT2D eigenvalue weighted by atomic mass is 10.0. The number of hydrogen-bond acceptors (Lipinski definition) is 5. The third-order valence-electron chi connectivity index (χ3n) is 6.25. The molecule has 0 spiro atoms. The standard InChI is InChI=1S/C23H23ClFN7O/c1-13(2)7-10-32(18-6-9-26-11-16(18)25)20-15(12-31(24)14(3)19(20)29-23(32)33)21-28-17-5-4-8-27-22(17)30-21/h4-6,8-9,11,13H,7,10,12H2,1-3H3,(H-,27,28,29,30,33)/p+1. The van der Waals surface area contributed by atoms with Crippen LogP contribution in [0, 0.1) is 11.7 Å². The van der Waals surface area contributed by atoms with E-state index in [-0.39, 0.29) is 22.7 Å². The first-order valence-electron chi connectivity index (χ1n) is 10.8. The predicted octanol–water partition coefficient (Wildman–Crippen LogP) is 4.68. The average molecular weight is 469 g/mol. The SMILES string of the molecule is CC1=C2NC(=O)[N+](CCC(C)C)(c3ccncc3F)C2=C(c2nc3ncccc3[nH]2)CN1Cl. The zero-order valence-electron chi connectivity index (χ0n) is 18.6. The first kappa shape index (κ1) is 21.5. The molecule has 2 aliphatic rings. The summed E-state index contributed by atoms with van der Waals surface area (Å²) in [5, 5.41) is 2.99. The number of imidazole rings is 1. The number of hydrogen-bond donors (Lipinski definition) is 2. The fraction of sp³-hybridized carbons (Fsp3) is 0.304.